The van der Waals surface area contributed by atoms with Gasteiger partial charge >= 0.3 is 0 Å². The number of hydrogen-bond acceptors (Lipinski definition) is 1. The SMILES string of the molecule is CCCCC1OCC1CC(C)CC. The van der Waals surface area contributed by atoms with Gasteiger partial charge in [0.25, 0.3) is 0 Å². The first kappa shape index (κ1) is 11.0. The molecule has 1 aliphatic rings. The van der Waals surface area contributed by atoms with Gasteiger partial charge in [-0.3, -0.25) is 0 Å². The Labute approximate surface area is 82.9 Å². The molecular weight excluding hydrogens is 160 g/mol. The van der Waals surface area contributed by atoms with Gasteiger partial charge in [0.05, 0.1) is 12.7 Å². The Kier molecular flexibility index (Phi) is 4.79. The molecule has 13 heavy (non-hydrogen) atoms. The number of ether oxygens (including phenoxy) is 1. The van der Waals surface area contributed by atoms with Gasteiger partial charge in [-0.15, -0.1) is 0 Å². The summed E-state index contributed by atoms with van der Waals surface area (Å²) in [4.78, 5) is 0. The summed E-state index contributed by atoms with van der Waals surface area (Å²) in [6.07, 6.45) is 7.23. The van der Waals surface area contributed by atoms with Gasteiger partial charge in [0, 0.05) is 5.92 Å². The number of unbranched alkanes of at least 4 members (excludes halogenated alkanes) is 1. The van der Waals surface area contributed by atoms with Crippen molar-refractivity contribution in [3.05, 3.63) is 0 Å². The second-order valence-corrected chi connectivity index (χ2v) is 4.52. The molecule has 0 aromatic carbocycles. The van der Waals surface area contributed by atoms with Crippen LogP contribution in [0.3, 0.4) is 0 Å². The van der Waals surface area contributed by atoms with E-state index < -0.39 is 0 Å². The molecule has 0 amide bonds. The lowest BCUT2D eigenvalue weighted by Gasteiger charge is -2.38. The fraction of sp³-hybridized carbons (Fsp3) is 1.00. The molecule has 0 aromatic heterocycles. The zero-order chi connectivity index (χ0) is 9.68. The molecule has 1 fully saturated rings. The van der Waals surface area contributed by atoms with Crippen LogP contribution in [0.4, 0.5) is 0 Å². The molecule has 3 atom stereocenters. The van der Waals surface area contributed by atoms with Crippen LogP contribution in [0.5, 0.6) is 0 Å². The Bertz CT molecular complexity index is 133. The summed E-state index contributed by atoms with van der Waals surface area (Å²) in [7, 11) is 0. The van der Waals surface area contributed by atoms with Crippen LogP contribution in [-0.4, -0.2) is 12.7 Å². The summed E-state index contributed by atoms with van der Waals surface area (Å²) in [6, 6.07) is 0. The smallest absolute Gasteiger partial charge is 0.0625 e. The van der Waals surface area contributed by atoms with Crippen molar-refractivity contribution in [3.63, 3.8) is 0 Å². The summed E-state index contributed by atoms with van der Waals surface area (Å²) >= 11 is 0. The van der Waals surface area contributed by atoms with Gasteiger partial charge in [-0.05, 0) is 18.8 Å². The minimum atomic E-state index is 0.606. The van der Waals surface area contributed by atoms with Gasteiger partial charge < -0.3 is 4.74 Å². The Balaban J connectivity index is 2.13. The topological polar surface area (TPSA) is 9.23 Å². The fourth-order valence-electron chi connectivity index (χ4n) is 2.00. The molecule has 1 heteroatoms. The van der Waals surface area contributed by atoms with Crippen molar-refractivity contribution in [2.24, 2.45) is 11.8 Å². The molecular formula is C12H24O. The Morgan fingerprint density at radius 2 is 2.15 bits per heavy atom. The van der Waals surface area contributed by atoms with Crippen LogP contribution in [0.15, 0.2) is 0 Å². The molecule has 1 aliphatic heterocycles. The van der Waals surface area contributed by atoms with E-state index in [1.807, 2.05) is 0 Å². The average Bonchev–Trinajstić information content (AvgIpc) is 2.12. The Morgan fingerprint density at radius 1 is 1.38 bits per heavy atom. The highest BCUT2D eigenvalue weighted by molar-refractivity contribution is 4.79. The van der Waals surface area contributed by atoms with E-state index in [4.69, 9.17) is 4.74 Å². The van der Waals surface area contributed by atoms with Crippen molar-refractivity contribution in [3.8, 4) is 0 Å². The first-order chi connectivity index (χ1) is 6.27. The van der Waals surface area contributed by atoms with E-state index in [0.29, 0.717) is 6.10 Å². The minimum Gasteiger partial charge on any atom is -0.377 e. The zero-order valence-corrected chi connectivity index (χ0v) is 9.38. The van der Waals surface area contributed by atoms with Crippen LogP contribution < -0.4 is 0 Å². The average molecular weight is 184 g/mol. The van der Waals surface area contributed by atoms with Crippen LogP contribution in [0.2, 0.25) is 0 Å². The van der Waals surface area contributed by atoms with Crippen LogP contribution in [-0.2, 0) is 4.74 Å². The monoisotopic (exact) mass is 184 g/mol. The number of rotatable bonds is 6. The van der Waals surface area contributed by atoms with Crippen LogP contribution in [0.25, 0.3) is 0 Å². The maximum atomic E-state index is 5.59. The van der Waals surface area contributed by atoms with Crippen molar-refractivity contribution < 1.29 is 4.74 Å². The highest BCUT2D eigenvalue weighted by Gasteiger charge is 2.31. The molecule has 3 unspecified atom stereocenters. The van der Waals surface area contributed by atoms with Gasteiger partial charge in [0.2, 0.25) is 0 Å². The predicted molar refractivity (Wildman–Crippen MR) is 56.8 cm³/mol. The Morgan fingerprint density at radius 3 is 2.62 bits per heavy atom. The maximum absolute atomic E-state index is 5.59. The zero-order valence-electron chi connectivity index (χ0n) is 9.38. The van der Waals surface area contributed by atoms with E-state index in [1.54, 1.807) is 0 Å². The van der Waals surface area contributed by atoms with Gasteiger partial charge in [-0.25, -0.2) is 0 Å². The molecule has 0 N–H and O–H groups in total. The fourth-order valence-corrected chi connectivity index (χ4v) is 2.00. The molecule has 1 saturated heterocycles. The first-order valence-electron chi connectivity index (χ1n) is 5.89. The van der Waals surface area contributed by atoms with E-state index in [9.17, 15) is 0 Å². The lowest BCUT2D eigenvalue weighted by Crippen LogP contribution is -2.40. The Hall–Kier alpha value is -0.0400. The molecule has 0 aromatic rings. The highest BCUT2D eigenvalue weighted by atomic mass is 16.5. The largest absolute Gasteiger partial charge is 0.377 e. The molecule has 0 spiro atoms. The predicted octanol–water partition coefficient (Wildman–Crippen LogP) is 3.63. The third kappa shape index (κ3) is 3.30. The van der Waals surface area contributed by atoms with Crippen LogP contribution in [0.1, 0.15) is 52.9 Å². The van der Waals surface area contributed by atoms with Crippen LogP contribution in [0, 0.1) is 11.8 Å². The lowest BCUT2D eigenvalue weighted by molar-refractivity contribution is -0.125. The molecule has 78 valence electrons. The molecule has 1 nitrogen and oxygen atoms in total. The van der Waals surface area contributed by atoms with E-state index in [0.717, 1.165) is 18.4 Å². The second kappa shape index (κ2) is 5.64. The van der Waals surface area contributed by atoms with Gasteiger partial charge in [0.1, 0.15) is 0 Å². The quantitative estimate of drug-likeness (QED) is 0.612. The van der Waals surface area contributed by atoms with Crippen molar-refractivity contribution in [1.82, 2.24) is 0 Å². The number of hydrogen-bond donors (Lipinski definition) is 0. The summed E-state index contributed by atoms with van der Waals surface area (Å²) < 4.78 is 5.59. The third-order valence-corrected chi connectivity index (χ3v) is 3.29. The summed E-state index contributed by atoms with van der Waals surface area (Å²) in [5, 5.41) is 0. The summed E-state index contributed by atoms with van der Waals surface area (Å²) in [6.45, 7) is 7.92. The van der Waals surface area contributed by atoms with Crippen molar-refractivity contribution in [1.29, 1.82) is 0 Å². The normalized spacial score (nSPS) is 29.8. The minimum absolute atomic E-state index is 0.606. The molecule has 0 aliphatic carbocycles. The van der Waals surface area contributed by atoms with Gasteiger partial charge in [0.15, 0.2) is 0 Å². The van der Waals surface area contributed by atoms with E-state index >= 15 is 0 Å². The summed E-state index contributed by atoms with van der Waals surface area (Å²) in [5.41, 5.74) is 0. The first-order valence-corrected chi connectivity index (χ1v) is 5.89. The molecule has 1 heterocycles. The maximum Gasteiger partial charge on any atom is 0.0625 e. The van der Waals surface area contributed by atoms with E-state index in [2.05, 4.69) is 20.8 Å². The van der Waals surface area contributed by atoms with E-state index in [1.165, 1.54) is 32.1 Å². The van der Waals surface area contributed by atoms with E-state index in [-0.39, 0.29) is 0 Å². The molecule has 0 radical (unpaired) electrons. The van der Waals surface area contributed by atoms with Gasteiger partial charge in [-0.2, -0.15) is 0 Å². The third-order valence-electron chi connectivity index (χ3n) is 3.29. The second-order valence-electron chi connectivity index (χ2n) is 4.52. The lowest BCUT2D eigenvalue weighted by atomic mass is 9.85. The standard InChI is InChI=1S/C12H24O/c1-4-6-7-12-11(9-13-12)8-10(3)5-2/h10-12H,4-9H2,1-3H3. The van der Waals surface area contributed by atoms with Gasteiger partial charge in [-0.1, -0.05) is 40.0 Å². The van der Waals surface area contributed by atoms with Crippen molar-refractivity contribution in [2.75, 3.05) is 6.61 Å². The van der Waals surface area contributed by atoms with Crippen molar-refractivity contribution in [2.45, 2.75) is 59.0 Å². The molecule has 0 saturated carbocycles. The summed E-state index contributed by atoms with van der Waals surface area (Å²) in [5.74, 6) is 1.76. The van der Waals surface area contributed by atoms with Crippen molar-refractivity contribution >= 4 is 0 Å². The highest BCUT2D eigenvalue weighted by Crippen LogP contribution is 2.31. The molecule has 1 rings (SSSR count). The molecule has 0 bridgehead atoms. The van der Waals surface area contributed by atoms with Crippen LogP contribution >= 0.6 is 0 Å².